The summed E-state index contributed by atoms with van der Waals surface area (Å²) in [6.07, 6.45) is -0.344. The van der Waals surface area contributed by atoms with E-state index in [0.717, 1.165) is 0 Å². The van der Waals surface area contributed by atoms with Gasteiger partial charge in [0.25, 0.3) is 5.91 Å². The monoisotopic (exact) mass is 381 g/mol. The molecule has 0 spiro atoms. The van der Waals surface area contributed by atoms with Crippen LogP contribution >= 0.6 is 23.2 Å². The van der Waals surface area contributed by atoms with Crippen molar-refractivity contribution in [1.29, 1.82) is 0 Å². The van der Waals surface area contributed by atoms with Gasteiger partial charge >= 0.3 is 5.97 Å². The highest BCUT2D eigenvalue weighted by Crippen LogP contribution is 2.27. The molecular formula is C18H17Cl2NO4. The van der Waals surface area contributed by atoms with E-state index in [9.17, 15) is 9.59 Å². The molecule has 2 rings (SSSR count). The lowest BCUT2D eigenvalue weighted by Gasteiger charge is -2.18. The standard InChI is InChI=1S/C18H17Cl2NO4/c1-3-15(25-16-7-5-4-6-13(16)20)17(22)21-14-10-11(18(23)24-2)8-9-12(14)19/h4-10,15H,3H2,1-2H3,(H,21,22). The number of amides is 1. The van der Waals surface area contributed by atoms with Gasteiger partial charge in [-0.3, -0.25) is 4.79 Å². The lowest BCUT2D eigenvalue weighted by atomic mass is 10.2. The third kappa shape index (κ3) is 4.87. The number of carbonyl (C=O) groups excluding carboxylic acids is 2. The minimum absolute atomic E-state index is 0.280. The van der Waals surface area contributed by atoms with Crippen LogP contribution in [0, 0.1) is 0 Å². The maximum Gasteiger partial charge on any atom is 0.337 e. The van der Waals surface area contributed by atoms with Crippen LogP contribution < -0.4 is 10.1 Å². The first-order chi connectivity index (χ1) is 12.0. The normalized spacial score (nSPS) is 11.5. The molecule has 7 heteroatoms. The number of benzene rings is 2. The van der Waals surface area contributed by atoms with E-state index in [2.05, 4.69) is 10.1 Å². The van der Waals surface area contributed by atoms with Crippen molar-refractivity contribution in [2.24, 2.45) is 0 Å². The number of para-hydroxylation sites is 1. The number of esters is 1. The second kappa shape index (κ2) is 8.74. The fraction of sp³-hybridized carbons (Fsp3) is 0.222. The predicted molar refractivity (Wildman–Crippen MR) is 97.6 cm³/mol. The summed E-state index contributed by atoms with van der Waals surface area (Å²) in [6, 6.07) is 11.4. The summed E-state index contributed by atoms with van der Waals surface area (Å²) >= 11 is 12.2. The van der Waals surface area contributed by atoms with E-state index in [1.807, 2.05) is 6.92 Å². The Kier molecular flexibility index (Phi) is 6.67. The molecule has 1 atom stereocenters. The third-order valence-corrected chi connectivity index (χ3v) is 4.06. The third-order valence-electron chi connectivity index (χ3n) is 3.41. The van der Waals surface area contributed by atoms with Crippen LogP contribution in [-0.2, 0) is 9.53 Å². The van der Waals surface area contributed by atoms with Gasteiger partial charge in [0, 0.05) is 0 Å². The van der Waals surface area contributed by atoms with Gasteiger partial charge in [-0.15, -0.1) is 0 Å². The van der Waals surface area contributed by atoms with E-state index in [1.54, 1.807) is 24.3 Å². The smallest absolute Gasteiger partial charge is 0.337 e. The van der Waals surface area contributed by atoms with Gasteiger partial charge in [0.1, 0.15) is 5.75 Å². The van der Waals surface area contributed by atoms with Crippen LogP contribution in [-0.4, -0.2) is 25.1 Å². The van der Waals surface area contributed by atoms with Gasteiger partial charge in [-0.25, -0.2) is 4.79 Å². The maximum atomic E-state index is 12.5. The molecule has 25 heavy (non-hydrogen) atoms. The van der Waals surface area contributed by atoms with E-state index in [4.69, 9.17) is 27.9 Å². The van der Waals surface area contributed by atoms with Crippen molar-refractivity contribution < 1.29 is 19.1 Å². The second-order valence-corrected chi connectivity index (χ2v) is 5.94. The van der Waals surface area contributed by atoms with Crippen LogP contribution in [0.2, 0.25) is 10.0 Å². The zero-order valence-corrected chi connectivity index (χ0v) is 15.2. The topological polar surface area (TPSA) is 64.6 Å². The van der Waals surface area contributed by atoms with Crippen LogP contribution in [0.5, 0.6) is 5.75 Å². The molecule has 1 N–H and O–H groups in total. The molecule has 0 aliphatic rings. The van der Waals surface area contributed by atoms with E-state index in [0.29, 0.717) is 27.9 Å². The molecule has 0 aliphatic carbocycles. The Balaban J connectivity index is 2.17. The molecule has 5 nitrogen and oxygen atoms in total. The van der Waals surface area contributed by atoms with Crippen molar-refractivity contribution in [3.63, 3.8) is 0 Å². The van der Waals surface area contributed by atoms with Gasteiger partial charge in [-0.2, -0.15) is 0 Å². The first-order valence-corrected chi connectivity index (χ1v) is 8.31. The van der Waals surface area contributed by atoms with E-state index < -0.39 is 18.0 Å². The van der Waals surface area contributed by atoms with E-state index in [-0.39, 0.29) is 5.56 Å². The number of rotatable bonds is 6. The van der Waals surface area contributed by atoms with Crippen molar-refractivity contribution in [1.82, 2.24) is 0 Å². The molecule has 0 fully saturated rings. The lowest BCUT2D eigenvalue weighted by Crippen LogP contribution is -2.32. The number of methoxy groups -OCH3 is 1. The molecule has 0 radical (unpaired) electrons. The highest BCUT2D eigenvalue weighted by molar-refractivity contribution is 6.34. The quantitative estimate of drug-likeness (QED) is 0.743. The molecule has 0 saturated heterocycles. The summed E-state index contributed by atoms with van der Waals surface area (Å²) in [4.78, 5) is 24.1. The average Bonchev–Trinajstić information content (AvgIpc) is 2.62. The van der Waals surface area contributed by atoms with Gasteiger partial charge in [-0.1, -0.05) is 42.3 Å². The number of halogens is 2. The molecule has 0 bridgehead atoms. The van der Waals surface area contributed by atoms with Crippen LogP contribution in [0.1, 0.15) is 23.7 Å². The Morgan fingerprint density at radius 3 is 2.48 bits per heavy atom. The summed E-state index contributed by atoms with van der Waals surface area (Å²) in [5.41, 5.74) is 0.582. The van der Waals surface area contributed by atoms with E-state index >= 15 is 0 Å². The molecule has 2 aromatic carbocycles. The van der Waals surface area contributed by atoms with Gasteiger partial charge in [0.15, 0.2) is 6.10 Å². The van der Waals surface area contributed by atoms with E-state index in [1.165, 1.54) is 25.3 Å². The van der Waals surface area contributed by atoms with Crippen molar-refractivity contribution in [3.8, 4) is 5.75 Å². The summed E-state index contributed by atoms with van der Waals surface area (Å²) in [6.45, 7) is 1.81. The number of anilines is 1. The SMILES string of the molecule is CCC(Oc1ccccc1Cl)C(=O)Nc1cc(C(=O)OC)ccc1Cl. The summed E-state index contributed by atoms with van der Waals surface area (Å²) in [7, 11) is 1.28. The van der Waals surface area contributed by atoms with Gasteiger partial charge in [-0.05, 0) is 36.8 Å². The average molecular weight is 382 g/mol. The summed E-state index contributed by atoms with van der Waals surface area (Å²) in [5.74, 6) is -0.501. The largest absolute Gasteiger partial charge is 0.479 e. The number of carbonyl (C=O) groups is 2. The summed E-state index contributed by atoms with van der Waals surface area (Å²) < 4.78 is 10.4. The highest BCUT2D eigenvalue weighted by Gasteiger charge is 2.21. The first-order valence-electron chi connectivity index (χ1n) is 7.56. The molecule has 0 saturated carbocycles. The molecule has 1 amide bonds. The highest BCUT2D eigenvalue weighted by atomic mass is 35.5. The fourth-order valence-corrected chi connectivity index (χ4v) is 2.44. The molecule has 2 aromatic rings. The zero-order valence-electron chi connectivity index (χ0n) is 13.7. The van der Waals surface area contributed by atoms with Gasteiger partial charge < -0.3 is 14.8 Å². The van der Waals surface area contributed by atoms with Crippen molar-refractivity contribution in [2.75, 3.05) is 12.4 Å². The van der Waals surface area contributed by atoms with Gasteiger partial charge in [0.2, 0.25) is 0 Å². The minimum atomic E-state index is -0.766. The first kappa shape index (κ1) is 19.1. The minimum Gasteiger partial charge on any atom is -0.479 e. The Labute approximate surface area is 155 Å². The molecule has 0 aromatic heterocycles. The fourth-order valence-electron chi connectivity index (χ4n) is 2.09. The Hall–Kier alpha value is -2.24. The van der Waals surface area contributed by atoms with Crippen molar-refractivity contribution >= 4 is 40.8 Å². The molecule has 0 heterocycles. The van der Waals surface area contributed by atoms with Crippen LogP contribution in [0.15, 0.2) is 42.5 Å². The molecule has 1 unspecified atom stereocenters. The Morgan fingerprint density at radius 1 is 1.12 bits per heavy atom. The Morgan fingerprint density at radius 2 is 1.84 bits per heavy atom. The lowest BCUT2D eigenvalue weighted by molar-refractivity contribution is -0.122. The predicted octanol–water partition coefficient (Wildman–Crippen LogP) is 4.58. The van der Waals surface area contributed by atoms with Gasteiger partial charge in [0.05, 0.1) is 28.4 Å². The molecular weight excluding hydrogens is 365 g/mol. The molecule has 0 aliphatic heterocycles. The zero-order chi connectivity index (χ0) is 18.4. The number of hydrogen-bond acceptors (Lipinski definition) is 4. The number of nitrogens with one attached hydrogen (secondary N) is 1. The van der Waals surface area contributed by atoms with Crippen molar-refractivity contribution in [3.05, 3.63) is 58.1 Å². The number of ether oxygens (including phenoxy) is 2. The van der Waals surface area contributed by atoms with Crippen LogP contribution in [0.25, 0.3) is 0 Å². The van der Waals surface area contributed by atoms with Crippen LogP contribution in [0.3, 0.4) is 0 Å². The number of hydrogen-bond donors (Lipinski definition) is 1. The second-order valence-electron chi connectivity index (χ2n) is 5.12. The Bertz CT molecular complexity index is 779. The maximum absolute atomic E-state index is 12.5. The van der Waals surface area contributed by atoms with Crippen LogP contribution in [0.4, 0.5) is 5.69 Å². The summed E-state index contributed by atoms with van der Waals surface area (Å²) in [5, 5.41) is 3.39. The van der Waals surface area contributed by atoms with Crippen molar-refractivity contribution in [2.45, 2.75) is 19.4 Å². The molecule has 132 valence electrons.